The Labute approximate surface area is 126 Å². The normalized spacial score (nSPS) is 10.7. The van der Waals surface area contributed by atoms with Crippen molar-refractivity contribution in [2.24, 2.45) is 0 Å². The molecule has 0 atom stereocenters. The van der Waals surface area contributed by atoms with Crippen LogP contribution >= 0.6 is 0 Å². The van der Waals surface area contributed by atoms with Crippen molar-refractivity contribution in [3.05, 3.63) is 0 Å². The topological polar surface area (TPSA) is 26.3 Å². The van der Waals surface area contributed by atoms with Crippen molar-refractivity contribution < 1.29 is 9.53 Å². The van der Waals surface area contributed by atoms with Gasteiger partial charge in [-0.05, 0) is 6.42 Å². The van der Waals surface area contributed by atoms with E-state index in [0.717, 1.165) is 6.42 Å². The van der Waals surface area contributed by atoms with Gasteiger partial charge in [0.2, 0.25) is 0 Å². The Morgan fingerprint density at radius 1 is 0.650 bits per heavy atom. The SMILES string of the molecule is CCCCCCCCCCCCCCCOC(=O)CC. The van der Waals surface area contributed by atoms with Crippen LogP contribution in [-0.2, 0) is 9.53 Å². The maximum absolute atomic E-state index is 10.9. The third-order valence-corrected chi connectivity index (χ3v) is 3.80. The molecule has 2 heteroatoms. The smallest absolute Gasteiger partial charge is 0.305 e. The molecule has 0 rings (SSSR count). The monoisotopic (exact) mass is 284 g/mol. The second kappa shape index (κ2) is 16.5. The number of esters is 1. The van der Waals surface area contributed by atoms with E-state index in [0.29, 0.717) is 13.0 Å². The molecule has 0 aromatic carbocycles. The zero-order valence-corrected chi connectivity index (χ0v) is 13.9. The van der Waals surface area contributed by atoms with Gasteiger partial charge in [0, 0.05) is 6.42 Å². The van der Waals surface area contributed by atoms with E-state index in [2.05, 4.69) is 6.92 Å². The van der Waals surface area contributed by atoms with Crippen molar-refractivity contribution in [3.63, 3.8) is 0 Å². The highest BCUT2D eigenvalue weighted by Gasteiger charge is 1.97. The van der Waals surface area contributed by atoms with Crippen molar-refractivity contribution in [2.45, 2.75) is 104 Å². The largest absolute Gasteiger partial charge is 0.466 e. The number of hydrogen-bond donors (Lipinski definition) is 0. The van der Waals surface area contributed by atoms with Gasteiger partial charge in [-0.1, -0.05) is 90.9 Å². The van der Waals surface area contributed by atoms with E-state index in [1.54, 1.807) is 0 Å². The van der Waals surface area contributed by atoms with Gasteiger partial charge in [-0.2, -0.15) is 0 Å². The van der Waals surface area contributed by atoms with Gasteiger partial charge in [0.15, 0.2) is 0 Å². The number of unbranched alkanes of at least 4 members (excludes halogenated alkanes) is 12. The summed E-state index contributed by atoms with van der Waals surface area (Å²) in [5, 5.41) is 0. The average molecular weight is 284 g/mol. The maximum atomic E-state index is 10.9. The molecule has 0 aromatic heterocycles. The van der Waals surface area contributed by atoms with E-state index in [-0.39, 0.29) is 5.97 Å². The van der Waals surface area contributed by atoms with Crippen LogP contribution in [0.1, 0.15) is 104 Å². The van der Waals surface area contributed by atoms with E-state index in [4.69, 9.17) is 4.74 Å². The first-order chi connectivity index (χ1) is 9.81. The third-order valence-electron chi connectivity index (χ3n) is 3.80. The summed E-state index contributed by atoms with van der Waals surface area (Å²) in [7, 11) is 0. The number of rotatable bonds is 15. The minimum absolute atomic E-state index is 0.0658. The standard InChI is InChI=1S/C18H36O2/c1-3-5-6-7-8-9-10-11-12-13-14-15-16-17-20-18(19)4-2/h3-17H2,1-2H3. The van der Waals surface area contributed by atoms with Crippen LogP contribution in [0.3, 0.4) is 0 Å². The number of hydrogen-bond acceptors (Lipinski definition) is 2. The second-order valence-electron chi connectivity index (χ2n) is 5.82. The Bertz CT molecular complexity index is 202. The molecule has 0 aliphatic heterocycles. The summed E-state index contributed by atoms with van der Waals surface area (Å²) in [6.07, 6.45) is 18.0. The van der Waals surface area contributed by atoms with Gasteiger partial charge in [-0.25, -0.2) is 0 Å². The highest BCUT2D eigenvalue weighted by Crippen LogP contribution is 2.12. The molecule has 0 radical (unpaired) electrons. The molecule has 0 saturated carbocycles. The molecule has 2 nitrogen and oxygen atoms in total. The molecule has 120 valence electrons. The third kappa shape index (κ3) is 15.5. The molecule has 20 heavy (non-hydrogen) atoms. The summed E-state index contributed by atoms with van der Waals surface area (Å²) in [5.74, 6) is -0.0658. The average Bonchev–Trinajstić information content (AvgIpc) is 2.47. The molecule has 0 N–H and O–H groups in total. The van der Waals surface area contributed by atoms with Crippen molar-refractivity contribution in [3.8, 4) is 0 Å². The van der Waals surface area contributed by atoms with Gasteiger partial charge in [-0.15, -0.1) is 0 Å². The molecule has 0 saturated heterocycles. The first kappa shape index (κ1) is 19.5. The van der Waals surface area contributed by atoms with E-state index in [1.165, 1.54) is 77.0 Å². The Hall–Kier alpha value is -0.530. The fourth-order valence-electron chi connectivity index (χ4n) is 2.41. The van der Waals surface area contributed by atoms with Crippen molar-refractivity contribution >= 4 is 5.97 Å². The van der Waals surface area contributed by atoms with Crippen LogP contribution in [0.4, 0.5) is 0 Å². The lowest BCUT2D eigenvalue weighted by Crippen LogP contribution is -2.03. The highest BCUT2D eigenvalue weighted by molar-refractivity contribution is 5.68. The van der Waals surface area contributed by atoms with Crippen molar-refractivity contribution in [2.75, 3.05) is 6.61 Å². The van der Waals surface area contributed by atoms with Crippen LogP contribution in [0.25, 0.3) is 0 Å². The van der Waals surface area contributed by atoms with Gasteiger partial charge >= 0.3 is 5.97 Å². The molecular formula is C18H36O2. The van der Waals surface area contributed by atoms with Gasteiger partial charge < -0.3 is 4.74 Å². The molecule has 0 fully saturated rings. The lowest BCUT2D eigenvalue weighted by Gasteiger charge is -2.04. The van der Waals surface area contributed by atoms with Crippen LogP contribution in [0, 0.1) is 0 Å². The Balaban J connectivity index is 2.97. The van der Waals surface area contributed by atoms with Gasteiger partial charge in [0.25, 0.3) is 0 Å². The Morgan fingerprint density at radius 3 is 1.45 bits per heavy atom. The summed E-state index contributed by atoms with van der Waals surface area (Å²) in [6, 6.07) is 0. The van der Waals surface area contributed by atoms with E-state index >= 15 is 0 Å². The fourth-order valence-corrected chi connectivity index (χ4v) is 2.41. The molecule has 0 aromatic rings. The minimum Gasteiger partial charge on any atom is -0.466 e. The molecule has 0 aliphatic rings. The first-order valence-corrected chi connectivity index (χ1v) is 8.96. The van der Waals surface area contributed by atoms with E-state index in [1.807, 2.05) is 6.92 Å². The zero-order chi connectivity index (χ0) is 14.9. The number of carbonyl (C=O) groups excluding carboxylic acids is 1. The quantitative estimate of drug-likeness (QED) is 0.271. The molecule has 0 aliphatic carbocycles. The van der Waals surface area contributed by atoms with Crippen molar-refractivity contribution in [1.29, 1.82) is 0 Å². The van der Waals surface area contributed by atoms with Gasteiger partial charge in [-0.3, -0.25) is 4.79 Å². The molecule has 0 spiro atoms. The number of ether oxygens (including phenoxy) is 1. The molecule has 0 bridgehead atoms. The van der Waals surface area contributed by atoms with Gasteiger partial charge in [0.1, 0.15) is 0 Å². The van der Waals surface area contributed by atoms with Crippen LogP contribution < -0.4 is 0 Å². The Morgan fingerprint density at radius 2 is 1.05 bits per heavy atom. The van der Waals surface area contributed by atoms with Crippen LogP contribution in [0.5, 0.6) is 0 Å². The lowest BCUT2D eigenvalue weighted by atomic mass is 10.0. The molecule has 0 amide bonds. The zero-order valence-electron chi connectivity index (χ0n) is 13.9. The van der Waals surface area contributed by atoms with E-state index in [9.17, 15) is 4.79 Å². The Kier molecular flexibility index (Phi) is 16.1. The first-order valence-electron chi connectivity index (χ1n) is 8.96. The molecule has 0 heterocycles. The summed E-state index contributed by atoms with van der Waals surface area (Å²) < 4.78 is 5.05. The predicted octanol–water partition coefficient (Wildman–Crippen LogP) is 6.03. The lowest BCUT2D eigenvalue weighted by molar-refractivity contribution is -0.143. The summed E-state index contributed by atoms with van der Waals surface area (Å²) in [4.78, 5) is 10.9. The molecule has 0 unspecified atom stereocenters. The van der Waals surface area contributed by atoms with Crippen LogP contribution in [0.15, 0.2) is 0 Å². The van der Waals surface area contributed by atoms with Crippen LogP contribution in [-0.4, -0.2) is 12.6 Å². The fraction of sp³-hybridized carbons (Fsp3) is 0.944. The summed E-state index contributed by atoms with van der Waals surface area (Å²) >= 11 is 0. The highest BCUT2D eigenvalue weighted by atomic mass is 16.5. The van der Waals surface area contributed by atoms with Gasteiger partial charge in [0.05, 0.1) is 6.61 Å². The predicted molar refractivity (Wildman–Crippen MR) is 86.9 cm³/mol. The summed E-state index contributed by atoms with van der Waals surface area (Å²) in [5.41, 5.74) is 0. The maximum Gasteiger partial charge on any atom is 0.305 e. The van der Waals surface area contributed by atoms with Crippen LogP contribution in [0.2, 0.25) is 0 Å². The second-order valence-corrected chi connectivity index (χ2v) is 5.82. The van der Waals surface area contributed by atoms with Crippen molar-refractivity contribution in [1.82, 2.24) is 0 Å². The number of carbonyl (C=O) groups is 1. The molecular weight excluding hydrogens is 248 g/mol. The van der Waals surface area contributed by atoms with E-state index < -0.39 is 0 Å². The summed E-state index contributed by atoms with van der Waals surface area (Å²) in [6.45, 7) is 4.73. The minimum atomic E-state index is -0.0658.